The van der Waals surface area contributed by atoms with E-state index >= 15 is 0 Å². The van der Waals surface area contributed by atoms with Crippen LogP contribution in [-0.4, -0.2) is 36.2 Å². The fourth-order valence-electron chi connectivity index (χ4n) is 1.81. The van der Waals surface area contributed by atoms with E-state index in [0.29, 0.717) is 26.2 Å². The van der Waals surface area contributed by atoms with Crippen molar-refractivity contribution in [3.63, 3.8) is 0 Å². The molecule has 2 rings (SSSR count). The second-order valence-electron chi connectivity index (χ2n) is 4.32. The molecule has 1 amide bonds. The van der Waals surface area contributed by atoms with E-state index in [9.17, 15) is 4.79 Å². The number of hydrogen-bond donors (Lipinski definition) is 2. The molecular formula is C12H17N3O2. The Morgan fingerprint density at radius 1 is 1.53 bits per heavy atom. The number of carbonyl (C=O) groups is 1. The first-order valence-corrected chi connectivity index (χ1v) is 5.74. The van der Waals surface area contributed by atoms with Crippen LogP contribution < -0.4 is 11.1 Å². The molecule has 1 aliphatic heterocycles. The van der Waals surface area contributed by atoms with Crippen LogP contribution in [0.3, 0.4) is 0 Å². The molecule has 2 heterocycles. The number of aromatic nitrogens is 1. The predicted molar refractivity (Wildman–Crippen MR) is 63.3 cm³/mol. The molecule has 3 N–H and O–H groups in total. The summed E-state index contributed by atoms with van der Waals surface area (Å²) in [5, 5.41) is 2.85. The highest BCUT2D eigenvalue weighted by atomic mass is 16.5. The molecule has 1 aromatic rings. The monoisotopic (exact) mass is 235 g/mol. The lowest BCUT2D eigenvalue weighted by Crippen LogP contribution is -2.54. The van der Waals surface area contributed by atoms with Gasteiger partial charge in [-0.2, -0.15) is 0 Å². The van der Waals surface area contributed by atoms with E-state index in [1.165, 1.54) is 0 Å². The van der Waals surface area contributed by atoms with Gasteiger partial charge in [-0.15, -0.1) is 0 Å². The Bertz CT molecular complexity index is 375. The largest absolute Gasteiger partial charge is 0.379 e. The highest BCUT2D eigenvalue weighted by molar-refractivity contribution is 5.86. The number of pyridine rings is 1. The molecule has 0 saturated carbocycles. The first-order valence-electron chi connectivity index (χ1n) is 5.74. The molecule has 5 heteroatoms. The maximum absolute atomic E-state index is 11.8. The van der Waals surface area contributed by atoms with Crippen molar-refractivity contribution in [2.75, 3.05) is 19.8 Å². The zero-order chi connectivity index (χ0) is 12.1. The molecule has 0 radical (unpaired) electrons. The number of ether oxygens (including phenoxy) is 1. The van der Waals surface area contributed by atoms with Crippen LogP contribution >= 0.6 is 0 Å². The molecule has 1 fully saturated rings. The van der Waals surface area contributed by atoms with Crippen molar-refractivity contribution in [3.05, 3.63) is 30.1 Å². The summed E-state index contributed by atoms with van der Waals surface area (Å²) in [6.07, 6.45) is 4.86. The van der Waals surface area contributed by atoms with Gasteiger partial charge in [-0.25, -0.2) is 0 Å². The zero-order valence-corrected chi connectivity index (χ0v) is 9.69. The third-order valence-electron chi connectivity index (χ3n) is 2.95. The average Bonchev–Trinajstić information content (AvgIpc) is 2.79. The van der Waals surface area contributed by atoms with Gasteiger partial charge in [0.25, 0.3) is 0 Å². The summed E-state index contributed by atoms with van der Waals surface area (Å²) in [6.45, 7) is 1.46. The van der Waals surface area contributed by atoms with E-state index in [2.05, 4.69) is 10.3 Å². The minimum absolute atomic E-state index is 0.121. The molecule has 92 valence electrons. The Labute approximate surface area is 100 Å². The molecule has 0 aromatic carbocycles. The summed E-state index contributed by atoms with van der Waals surface area (Å²) < 4.78 is 5.15. The van der Waals surface area contributed by atoms with Gasteiger partial charge in [-0.1, -0.05) is 0 Å². The lowest BCUT2D eigenvalue weighted by Gasteiger charge is -2.20. The second kappa shape index (κ2) is 5.25. The van der Waals surface area contributed by atoms with Gasteiger partial charge in [-0.3, -0.25) is 9.78 Å². The Morgan fingerprint density at radius 3 is 2.94 bits per heavy atom. The van der Waals surface area contributed by atoms with Crippen molar-refractivity contribution >= 4 is 5.91 Å². The molecular weight excluding hydrogens is 218 g/mol. The molecule has 17 heavy (non-hydrogen) atoms. The van der Waals surface area contributed by atoms with Crippen molar-refractivity contribution in [2.45, 2.75) is 18.4 Å². The van der Waals surface area contributed by atoms with Gasteiger partial charge in [0.2, 0.25) is 5.91 Å². The lowest BCUT2D eigenvalue weighted by atomic mass is 9.99. The minimum Gasteiger partial charge on any atom is -0.379 e. The van der Waals surface area contributed by atoms with Gasteiger partial charge in [0.15, 0.2) is 0 Å². The van der Waals surface area contributed by atoms with Gasteiger partial charge in [0.1, 0.15) is 5.54 Å². The van der Waals surface area contributed by atoms with E-state index < -0.39 is 5.54 Å². The normalized spacial score (nSPS) is 23.6. The fourth-order valence-corrected chi connectivity index (χ4v) is 1.81. The maximum atomic E-state index is 11.8. The number of rotatable bonds is 4. The summed E-state index contributed by atoms with van der Waals surface area (Å²) in [5.41, 5.74) is 6.25. The van der Waals surface area contributed by atoms with Crippen molar-refractivity contribution in [1.29, 1.82) is 0 Å². The fraction of sp³-hybridized carbons (Fsp3) is 0.500. The average molecular weight is 235 g/mol. The number of nitrogens with two attached hydrogens (primary N) is 1. The minimum atomic E-state index is -0.835. The van der Waals surface area contributed by atoms with E-state index in [4.69, 9.17) is 10.5 Å². The highest BCUT2D eigenvalue weighted by Gasteiger charge is 2.37. The van der Waals surface area contributed by atoms with Gasteiger partial charge in [0, 0.05) is 25.5 Å². The quantitative estimate of drug-likeness (QED) is 0.761. The number of nitrogens with zero attached hydrogens (tertiary/aromatic N) is 1. The van der Waals surface area contributed by atoms with Crippen LogP contribution in [0.2, 0.25) is 0 Å². The van der Waals surface area contributed by atoms with Crippen LogP contribution in [0.25, 0.3) is 0 Å². The molecule has 0 spiro atoms. The van der Waals surface area contributed by atoms with Crippen molar-refractivity contribution in [2.24, 2.45) is 5.73 Å². The number of carbonyl (C=O) groups excluding carboxylic acids is 1. The molecule has 5 nitrogen and oxygen atoms in total. The second-order valence-corrected chi connectivity index (χ2v) is 4.32. The molecule has 1 saturated heterocycles. The summed E-state index contributed by atoms with van der Waals surface area (Å²) in [5.74, 6) is -0.121. The summed E-state index contributed by atoms with van der Waals surface area (Å²) in [6, 6.07) is 3.87. The van der Waals surface area contributed by atoms with Crippen LogP contribution in [-0.2, 0) is 16.0 Å². The van der Waals surface area contributed by atoms with E-state index in [0.717, 1.165) is 12.0 Å². The first kappa shape index (κ1) is 12.0. The predicted octanol–water partition coefficient (Wildman–Crippen LogP) is -0.142. The molecule has 1 unspecified atom stereocenters. The van der Waals surface area contributed by atoms with Gasteiger partial charge in [-0.05, 0) is 30.5 Å². The summed E-state index contributed by atoms with van der Waals surface area (Å²) in [4.78, 5) is 15.8. The van der Waals surface area contributed by atoms with Crippen molar-refractivity contribution in [3.8, 4) is 0 Å². The van der Waals surface area contributed by atoms with E-state index in [-0.39, 0.29) is 5.91 Å². The van der Waals surface area contributed by atoms with Gasteiger partial charge >= 0.3 is 0 Å². The number of nitrogens with one attached hydrogen (secondary N) is 1. The van der Waals surface area contributed by atoms with E-state index in [1.807, 2.05) is 12.1 Å². The Morgan fingerprint density at radius 2 is 2.29 bits per heavy atom. The van der Waals surface area contributed by atoms with Gasteiger partial charge < -0.3 is 15.8 Å². The van der Waals surface area contributed by atoms with Crippen molar-refractivity contribution in [1.82, 2.24) is 10.3 Å². The molecule has 1 atom stereocenters. The van der Waals surface area contributed by atoms with Crippen LogP contribution in [0.1, 0.15) is 12.0 Å². The Balaban J connectivity index is 1.77. The van der Waals surface area contributed by atoms with Crippen LogP contribution in [0.5, 0.6) is 0 Å². The van der Waals surface area contributed by atoms with Crippen LogP contribution in [0.15, 0.2) is 24.5 Å². The number of amides is 1. The van der Waals surface area contributed by atoms with Crippen LogP contribution in [0, 0.1) is 0 Å². The molecule has 0 bridgehead atoms. The Kier molecular flexibility index (Phi) is 3.71. The third-order valence-corrected chi connectivity index (χ3v) is 2.95. The first-order chi connectivity index (χ1) is 8.21. The van der Waals surface area contributed by atoms with E-state index in [1.54, 1.807) is 12.4 Å². The highest BCUT2D eigenvalue weighted by Crippen LogP contribution is 2.15. The molecule has 0 aliphatic carbocycles. The smallest absolute Gasteiger partial charge is 0.242 e. The standard InChI is InChI=1S/C12H17N3O2/c13-12(4-8-17-9-12)11(16)15-7-3-10-1-5-14-6-2-10/h1-2,5-6H,3-4,7-9,13H2,(H,15,16). The summed E-state index contributed by atoms with van der Waals surface area (Å²) >= 11 is 0. The topological polar surface area (TPSA) is 77.2 Å². The maximum Gasteiger partial charge on any atom is 0.242 e. The molecule has 1 aliphatic rings. The Hall–Kier alpha value is -1.46. The van der Waals surface area contributed by atoms with Crippen LogP contribution in [0.4, 0.5) is 0 Å². The van der Waals surface area contributed by atoms with Gasteiger partial charge in [0.05, 0.1) is 6.61 Å². The zero-order valence-electron chi connectivity index (χ0n) is 9.69. The third kappa shape index (κ3) is 3.01. The molecule has 1 aromatic heterocycles. The number of hydrogen-bond acceptors (Lipinski definition) is 4. The SMILES string of the molecule is NC1(C(=O)NCCc2ccncc2)CCOC1. The van der Waals surface area contributed by atoms with Crippen molar-refractivity contribution < 1.29 is 9.53 Å². The summed E-state index contributed by atoms with van der Waals surface area (Å²) in [7, 11) is 0. The lowest BCUT2D eigenvalue weighted by molar-refractivity contribution is -0.126.